The van der Waals surface area contributed by atoms with Crippen molar-refractivity contribution >= 4 is 5.91 Å². The smallest absolute Gasteiger partial charge is 0.274 e. The number of aryl methyl sites for hydroxylation is 1. The Kier molecular flexibility index (Phi) is 4.71. The minimum atomic E-state index is -0.303. The van der Waals surface area contributed by atoms with Crippen LogP contribution < -0.4 is 0 Å². The highest BCUT2D eigenvalue weighted by atomic mass is 19.1. The maximum Gasteiger partial charge on any atom is 0.274 e. The molecule has 2 heterocycles. The van der Waals surface area contributed by atoms with Crippen LogP contribution in [0.15, 0.2) is 30.3 Å². The van der Waals surface area contributed by atoms with E-state index in [1.807, 2.05) is 13.0 Å². The lowest BCUT2D eigenvalue weighted by atomic mass is 10.1. The number of hydrogen-bond acceptors (Lipinski definition) is 3. The molecule has 1 aliphatic rings. The van der Waals surface area contributed by atoms with Crippen LogP contribution >= 0.6 is 0 Å². The number of aromatic nitrogens is 2. The Morgan fingerprint density at radius 2 is 2.35 bits per heavy atom. The standard InChI is InChI=1S/C17H20FN3O2/c1-12-8-16(20-19-12)17(22)21(11-15-6-3-7-23-15)10-13-4-2-5-14(18)9-13/h2,4-5,8-9,15H,3,6-7,10-11H2,1H3,(H,19,20)/t15-/m1/s1. The molecule has 5 nitrogen and oxygen atoms in total. The number of halogens is 1. The quantitative estimate of drug-likeness (QED) is 0.922. The number of ether oxygens (including phenoxy) is 1. The number of H-pyrrole nitrogens is 1. The largest absolute Gasteiger partial charge is 0.376 e. The third-order valence-electron chi connectivity index (χ3n) is 3.92. The molecule has 0 bridgehead atoms. The molecule has 6 heteroatoms. The SMILES string of the molecule is Cc1cc(C(=O)N(Cc2cccc(F)c2)C[C@H]2CCCO2)n[nH]1. The first-order chi connectivity index (χ1) is 11.1. The van der Waals surface area contributed by atoms with Crippen molar-refractivity contribution in [1.82, 2.24) is 15.1 Å². The van der Waals surface area contributed by atoms with Gasteiger partial charge in [-0.1, -0.05) is 12.1 Å². The number of carbonyl (C=O) groups is 1. The fraction of sp³-hybridized carbons (Fsp3) is 0.412. The molecule has 0 spiro atoms. The number of nitrogens with one attached hydrogen (secondary N) is 1. The summed E-state index contributed by atoms with van der Waals surface area (Å²) in [6.07, 6.45) is 1.98. The Morgan fingerprint density at radius 3 is 3.00 bits per heavy atom. The molecule has 0 aliphatic carbocycles. The van der Waals surface area contributed by atoms with Gasteiger partial charge in [0.2, 0.25) is 0 Å². The van der Waals surface area contributed by atoms with Gasteiger partial charge < -0.3 is 9.64 Å². The Labute approximate surface area is 134 Å². The first-order valence-corrected chi connectivity index (χ1v) is 7.79. The van der Waals surface area contributed by atoms with Crippen LogP contribution in [-0.2, 0) is 11.3 Å². The van der Waals surface area contributed by atoms with Crippen molar-refractivity contribution in [2.24, 2.45) is 0 Å². The predicted octanol–water partition coefficient (Wildman–Crippen LogP) is 2.68. The number of nitrogens with zero attached hydrogens (tertiary/aromatic N) is 2. The van der Waals surface area contributed by atoms with Gasteiger partial charge >= 0.3 is 0 Å². The van der Waals surface area contributed by atoms with Crippen LogP contribution in [0.5, 0.6) is 0 Å². The van der Waals surface area contributed by atoms with Gasteiger partial charge in [-0.15, -0.1) is 0 Å². The molecule has 1 fully saturated rings. The van der Waals surface area contributed by atoms with E-state index >= 15 is 0 Å². The van der Waals surface area contributed by atoms with Gasteiger partial charge in [-0.3, -0.25) is 9.89 Å². The molecule has 1 aromatic heterocycles. The summed E-state index contributed by atoms with van der Waals surface area (Å²) in [5.41, 5.74) is 1.96. The van der Waals surface area contributed by atoms with Crippen molar-refractivity contribution in [3.8, 4) is 0 Å². The van der Waals surface area contributed by atoms with Crippen molar-refractivity contribution in [1.29, 1.82) is 0 Å². The highest BCUT2D eigenvalue weighted by Gasteiger charge is 2.25. The lowest BCUT2D eigenvalue weighted by molar-refractivity contribution is 0.0502. The van der Waals surface area contributed by atoms with Crippen molar-refractivity contribution in [2.75, 3.05) is 13.2 Å². The molecule has 1 saturated heterocycles. The van der Waals surface area contributed by atoms with Crippen LogP contribution in [-0.4, -0.2) is 40.3 Å². The number of carbonyl (C=O) groups excluding carboxylic acids is 1. The van der Waals surface area contributed by atoms with Crippen LogP contribution in [0.2, 0.25) is 0 Å². The second-order valence-corrected chi connectivity index (χ2v) is 5.89. The Balaban J connectivity index is 1.78. The minimum absolute atomic E-state index is 0.0348. The molecule has 1 N–H and O–H groups in total. The van der Waals surface area contributed by atoms with Crippen molar-refractivity contribution in [3.63, 3.8) is 0 Å². The summed E-state index contributed by atoms with van der Waals surface area (Å²) in [6, 6.07) is 8.03. The van der Waals surface area contributed by atoms with Crippen LogP contribution in [0.4, 0.5) is 4.39 Å². The molecule has 0 unspecified atom stereocenters. The minimum Gasteiger partial charge on any atom is -0.376 e. The van der Waals surface area contributed by atoms with Crippen molar-refractivity contribution < 1.29 is 13.9 Å². The van der Waals surface area contributed by atoms with Gasteiger partial charge in [-0.2, -0.15) is 5.10 Å². The third kappa shape index (κ3) is 3.96. The van der Waals surface area contributed by atoms with E-state index in [-0.39, 0.29) is 17.8 Å². The van der Waals surface area contributed by atoms with E-state index in [9.17, 15) is 9.18 Å². The number of rotatable bonds is 5. The second kappa shape index (κ2) is 6.91. The molecule has 1 aliphatic heterocycles. The zero-order chi connectivity index (χ0) is 16.2. The van der Waals surface area contributed by atoms with Crippen molar-refractivity contribution in [3.05, 3.63) is 53.1 Å². The van der Waals surface area contributed by atoms with Gasteiger partial charge in [0.15, 0.2) is 0 Å². The average Bonchev–Trinajstić information content (AvgIpc) is 3.17. The molecule has 1 aromatic carbocycles. The number of aromatic amines is 1. The van der Waals surface area contributed by atoms with E-state index in [0.717, 1.165) is 30.7 Å². The molecule has 3 rings (SSSR count). The lowest BCUT2D eigenvalue weighted by Crippen LogP contribution is -2.37. The maximum absolute atomic E-state index is 13.4. The first-order valence-electron chi connectivity index (χ1n) is 7.79. The fourth-order valence-corrected chi connectivity index (χ4v) is 2.80. The zero-order valence-corrected chi connectivity index (χ0v) is 13.1. The van der Waals surface area contributed by atoms with E-state index in [4.69, 9.17) is 4.74 Å². The maximum atomic E-state index is 13.4. The van der Waals surface area contributed by atoms with Crippen LogP contribution in [0.25, 0.3) is 0 Å². The highest BCUT2D eigenvalue weighted by Crippen LogP contribution is 2.17. The molecule has 1 atom stereocenters. The van der Waals surface area contributed by atoms with Crippen LogP contribution in [0, 0.1) is 12.7 Å². The van der Waals surface area contributed by atoms with Gasteiger partial charge in [-0.25, -0.2) is 4.39 Å². The average molecular weight is 317 g/mol. The molecule has 122 valence electrons. The molecule has 0 radical (unpaired) electrons. The Bertz CT molecular complexity index is 680. The van der Waals surface area contributed by atoms with E-state index in [1.54, 1.807) is 17.0 Å². The lowest BCUT2D eigenvalue weighted by Gasteiger charge is -2.25. The highest BCUT2D eigenvalue weighted by molar-refractivity contribution is 5.92. The van der Waals surface area contributed by atoms with Gasteiger partial charge in [0.25, 0.3) is 5.91 Å². The molecule has 2 aromatic rings. The Morgan fingerprint density at radius 1 is 1.48 bits per heavy atom. The normalized spacial score (nSPS) is 17.4. The van der Waals surface area contributed by atoms with Gasteiger partial charge in [0.1, 0.15) is 11.5 Å². The van der Waals surface area contributed by atoms with E-state index in [1.165, 1.54) is 12.1 Å². The summed E-state index contributed by atoms with van der Waals surface area (Å²) in [6.45, 7) is 3.40. The number of benzene rings is 1. The van der Waals surface area contributed by atoms with Crippen molar-refractivity contribution in [2.45, 2.75) is 32.4 Å². The molecular formula is C17H20FN3O2. The zero-order valence-electron chi connectivity index (χ0n) is 13.1. The molecular weight excluding hydrogens is 297 g/mol. The van der Waals surface area contributed by atoms with Gasteiger partial charge in [-0.05, 0) is 43.5 Å². The van der Waals surface area contributed by atoms with E-state index in [0.29, 0.717) is 18.8 Å². The van der Waals surface area contributed by atoms with Gasteiger partial charge in [0, 0.05) is 25.4 Å². The van der Waals surface area contributed by atoms with Crippen LogP contribution in [0.3, 0.4) is 0 Å². The molecule has 23 heavy (non-hydrogen) atoms. The summed E-state index contributed by atoms with van der Waals surface area (Å²) in [5.74, 6) is -0.475. The molecule has 1 amide bonds. The van der Waals surface area contributed by atoms with Gasteiger partial charge in [0.05, 0.1) is 6.10 Å². The summed E-state index contributed by atoms with van der Waals surface area (Å²) in [7, 11) is 0. The summed E-state index contributed by atoms with van der Waals surface area (Å²) < 4.78 is 19.0. The summed E-state index contributed by atoms with van der Waals surface area (Å²) in [5, 5.41) is 6.82. The second-order valence-electron chi connectivity index (χ2n) is 5.89. The topological polar surface area (TPSA) is 58.2 Å². The number of hydrogen-bond donors (Lipinski definition) is 1. The summed E-state index contributed by atoms with van der Waals surface area (Å²) in [4.78, 5) is 14.4. The van der Waals surface area contributed by atoms with E-state index in [2.05, 4.69) is 10.2 Å². The van der Waals surface area contributed by atoms with Crippen LogP contribution in [0.1, 0.15) is 34.6 Å². The Hall–Kier alpha value is -2.21. The fourth-order valence-electron chi connectivity index (χ4n) is 2.80. The van der Waals surface area contributed by atoms with E-state index < -0.39 is 0 Å². The predicted molar refractivity (Wildman–Crippen MR) is 83.4 cm³/mol. The summed E-state index contributed by atoms with van der Waals surface area (Å²) >= 11 is 0. The third-order valence-corrected chi connectivity index (χ3v) is 3.92. The monoisotopic (exact) mass is 317 g/mol. The molecule has 0 saturated carbocycles. The number of amides is 1. The first kappa shape index (κ1) is 15.7.